The maximum atomic E-state index is 13.7. The lowest BCUT2D eigenvalue weighted by molar-refractivity contribution is -0.141. The maximum absolute atomic E-state index is 13.7. The summed E-state index contributed by atoms with van der Waals surface area (Å²) in [4.78, 5) is 34.4. The number of aromatic nitrogens is 4. The van der Waals surface area contributed by atoms with Gasteiger partial charge in [0.05, 0.1) is 39.0 Å². The second kappa shape index (κ2) is 10.7. The minimum Gasteiger partial charge on any atom is -0.349 e. The molecule has 6 rings (SSSR count). The summed E-state index contributed by atoms with van der Waals surface area (Å²) in [5, 5.41) is 3.61. The highest BCUT2D eigenvalue weighted by molar-refractivity contribution is 6.30. The van der Waals surface area contributed by atoms with Crippen LogP contribution in [-0.4, -0.2) is 31.1 Å². The molecule has 0 spiro atoms. The van der Waals surface area contributed by atoms with E-state index in [1.807, 2.05) is 54.6 Å². The van der Waals surface area contributed by atoms with E-state index in [-0.39, 0.29) is 22.7 Å². The van der Waals surface area contributed by atoms with Crippen LogP contribution in [-0.2, 0) is 12.7 Å². The summed E-state index contributed by atoms with van der Waals surface area (Å²) >= 11 is 5.83. The number of carbonyl (C=O) groups is 1. The third-order valence-corrected chi connectivity index (χ3v) is 7.87. The molecule has 0 aliphatic heterocycles. The first kappa shape index (κ1) is 27.0. The van der Waals surface area contributed by atoms with E-state index in [1.165, 1.54) is 0 Å². The van der Waals surface area contributed by atoms with Crippen LogP contribution in [0.5, 0.6) is 0 Å². The molecular weight excluding hydrogens is 555 g/mol. The van der Waals surface area contributed by atoms with Crippen LogP contribution in [0.15, 0.2) is 77.9 Å². The van der Waals surface area contributed by atoms with Gasteiger partial charge < -0.3 is 5.32 Å². The van der Waals surface area contributed by atoms with Crippen molar-refractivity contribution in [3.05, 3.63) is 99.8 Å². The molecule has 1 N–H and O–H groups in total. The molecule has 1 saturated carbocycles. The zero-order chi connectivity index (χ0) is 28.7. The number of halogens is 4. The average molecular weight is 580 g/mol. The standard InChI is InChI=1S/C30H25ClF3N5O2/c31-20-14-23(27(36-15-20)30(32,33)34)28(40)37-21-11-9-18(10-12-21)17-38-25-7-3-4-8-26(25)39(29(38)41)22-13-19-5-1-2-6-24(19)35-16-22/h1-8,13-16,18,21H,9-12,17H2,(H,37,40)/t18-,21-. The van der Waals surface area contributed by atoms with E-state index in [1.54, 1.807) is 15.3 Å². The number of hydrogen-bond acceptors (Lipinski definition) is 4. The van der Waals surface area contributed by atoms with Crippen LogP contribution >= 0.6 is 11.6 Å². The highest BCUT2D eigenvalue weighted by Gasteiger charge is 2.38. The predicted molar refractivity (Wildman–Crippen MR) is 150 cm³/mol. The molecule has 11 heteroatoms. The number of carbonyl (C=O) groups excluding carboxylic acids is 1. The zero-order valence-electron chi connectivity index (χ0n) is 21.7. The molecule has 2 aromatic carbocycles. The van der Waals surface area contributed by atoms with E-state index in [4.69, 9.17) is 11.6 Å². The van der Waals surface area contributed by atoms with Crippen molar-refractivity contribution < 1.29 is 18.0 Å². The number of fused-ring (bicyclic) bond motifs is 2. The molecule has 3 aromatic heterocycles. The first-order chi connectivity index (χ1) is 19.7. The molecular formula is C30H25ClF3N5O2. The largest absolute Gasteiger partial charge is 0.434 e. The number of pyridine rings is 2. The van der Waals surface area contributed by atoms with Gasteiger partial charge in [-0.05, 0) is 61.9 Å². The van der Waals surface area contributed by atoms with Crippen LogP contribution < -0.4 is 11.0 Å². The van der Waals surface area contributed by atoms with E-state index < -0.39 is 23.3 Å². The van der Waals surface area contributed by atoms with Gasteiger partial charge in [-0.2, -0.15) is 13.2 Å². The fourth-order valence-corrected chi connectivity index (χ4v) is 5.82. The lowest BCUT2D eigenvalue weighted by Gasteiger charge is -2.29. The number of benzene rings is 2. The fraction of sp³-hybridized carbons (Fsp3) is 0.267. The van der Waals surface area contributed by atoms with Gasteiger partial charge in [0.15, 0.2) is 5.69 Å². The van der Waals surface area contributed by atoms with Gasteiger partial charge in [-0.1, -0.05) is 41.9 Å². The van der Waals surface area contributed by atoms with Crippen molar-refractivity contribution in [3.63, 3.8) is 0 Å². The summed E-state index contributed by atoms with van der Waals surface area (Å²) in [6.45, 7) is 0.491. The van der Waals surface area contributed by atoms with Gasteiger partial charge in [-0.15, -0.1) is 0 Å². The van der Waals surface area contributed by atoms with E-state index in [0.29, 0.717) is 37.9 Å². The molecule has 1 amide bonds. The van der Waals surface area contributed by atoms with Crippen LogP contribution in [0.2, 0.25) is 5.02 Å². The number of alkyl halides is 3. The average Bonchev–Trinajstić information content (AvgIpc) is 3.23. The van der Waals surface area contributed by atoms with Gasteiger partial charge in [0.2, 0.25) is 0 Å². The van der Waals surface area contributed by atoms with Crippen LogP contribution in [0.25, 0.3) is 27.6 Å². The molecule has 1 aliphatic carbocycles. The highest BCUT2D eigenvalue weighted by atomic mass is 35.5. The van der Waals surface area contributed by atoms with Gasteiger partial charge in [0.1, 0.15) is 0 Å². The number of hydrogen-bond donors (Lipinski definition) is 1. The van der Waals surface area contributed by atoms with E-state index in [0.717, 1.165) is 34.2 Å². The molecule has 1 aliphatic rings. The second-order valence-corrected chi connectivity index (χ2v) is 10.8. The third kappa shape index (κ3) is 5.31. The maximum Gasteiger partial charge on any atom is 0.434 e. The van der Waals surface area contributed by atoms with Crippen molar-refractivity contribution in [1.82, 2.24) is 24.4 Å². The minimum atomic E-state index is -4.77. The first-order valence-electron chi connectivity index (χ1n) is 13.3. The smallest absolute Gasteiger partial charge is 0.349 e. The summed E-state index contributed by atoms with van der Waals surface area (Å²) in [5.41, 5.74) is 1.12. The number of imidazole rings is 1. The van der Waals surface area contributed by atoms with Crippen molar-refractivity contribution in [2.45, 2.75) is 44.4 Å². The SMILES string of the molecule is O=C(N[C@H]1CC[C@H](Cn2c(=O)n(-c3cnc4ccccc4c3)c3ccccc32)CC1)c1cc(Cl)cnc1C(F)(F)F. The number of para-hydroxylation sites is 3. The van der Waals surface area contributed by atoms with Gasteiger partial charge in [0.25, 0.3) is 5.91 Å². The topological polar surface area (TPSA) is 81.8 Å². The van der Waals surface area contributed by atoms with Crippen LogP contribution in [0, 0.1) is 5.92 Å². The molecule has 0 saturated heterocycles. The summed E-state index contributed by atoms with van der Waals surface area (Å²) in [6, 6.07) is 18.0. The molecule has 3 heterocycles. The second-order valence-electron chi connectivity index (χ2n) is 10.3. The lowest BCUT2D eigenvalue weighted by atomic mass is 9.85. The van der Waals surface area contributed by atoms with Crippen LogP contribution in [0.4, 0.5) is 13.2 Å². The van der Waals surface area contributed by atoms with Gasteiger partial charge in [-0.25, -0.2) is 9.78 Å². The summed E-state index contributed by atoms with van der Waals surface area (Å²) in [7, 11) is 0. The molecule has 0 bridgehead atoms. The monoisotopic (exact) mass is 579 g/mol. The fourth-order valence-electron chi connectivity index (χ4n) is 5.66. The Labute approximate surface area is 237 Å². The Morgan fingerprint density at radius 1 is 0.951 bits per heavy atom. The van der Waals surface area contributed by atoms with Crippen molar-refractivity contribution in [2.75, 3.05) is 0 Å². The minimum absolute atomic E-state index is 0.0454. The summed E-state index contributed by atoms with van der Waals surface area (Å²) < 4.78 is 43.6. The summed E-state index contributed by atoms with van der Waals surface area (Å²) in [6.07, 6.45) is 0.365. The summed E-state index contributed by atoms with van der Waals surface area (Å²) in [5.74, 6) is -0.688. The normalized spacial score (nSPS) is 17.7. The Morgan fingerprint density at radius 2 is 1.66 bits per heavy atom. The quantitative estimate of drug-likeness (QED) is 0.261. The highest BCUT2D eigenvalue weighted by Crippen LogP contribution is 2.32. The molecule has 0 unspecified atom stereocenters. The number of nitrogens with zero attached hydrogens (tertiary/aromatic N) is 4. The van der Waals surface area contributed by atoms with Crippen molar-refractivity contribution in [3.8, 4) is 5.69 Å². The Hall–Kier alpha value is -4.18. The lowest BCUT2D eigenvalue weighted by Crippen LogP contribution is -2.39. The Kier molecular flexibility index (Phi) is 7.03. The predicted octanol–water partition coefficient (Wildman–Crippen LogP) is 6.40. The van der Waals surface area contributed by atoms with Gasteiger partial charge in [-0.3, -0.25) is 18.9 Å². The molecule has 41 heavy (non-hydrogen) atoms. The van der Waals surface area contributed by atoms with E-state index >= 15 is 0 Å². The van der Waals surface area contributed by atoms with Crippen LogP contribution in [0.3, 0.4) is 0 Å². The van der Waals surface area contributed by atoms with Crippen molar-refractivity contribution in [2.24, 2.45) is 5.92 Å². The van der Waals surface area contributed by atoms with Gasteiger partial charge in [0, 0.05) is 24.2 Å². The Balaban J connectivity index is 1.19. The molecule has 7 nitrogen and oxygen atoms in total. The third-order valence-electron chi connectivity index (χ3n) is 7.66. The molecule has 1 fully saturated rings. The molecule has 5 aromatic rings. The zero-order valence-corrected chi connectivity index (χ0v) is 22.5. The van der Waals surface area contributed by atoms with Gasteiger partial charge >= 0.3 is 11.9 Å². The van der Waals surface area contributed by atoms with E-state index in [2.05, 4.69) is 15.3 Å². The molecule has 210 valence electrons. The number of amides is 1. The van der Waals surface area contributed by atoms with Crippen LogP contribution in [0.1, 0.15) is 41.7 Å². The Morgan fingerprint density at radius 3 is 2.41 bits per heavy atom. The number of rotatable bonds is 5. The van der Waals surface area contributed by atoms with E-state index in [9.17, 15) is 22.8 Å². The first-order valence-corrected chi connectivity index (χ1v) is 13.7. The molecule has 0 radical (unpaired) electrons. The number of nitrogens with one attached hydrogen (secondary N) is 1. The Bertz CT molecular complexity index is 1820. The van der Waals surface area contributed by atoms with Crippen molar-refractivity contribution >= 4 is 39.4 Å². The molecule has 0 atom stereocenters. The van der Waals surface area contributed by atoms with Crippen molar-refractivity contribution in [1.29, 1.82) is 0 Å².